The van der Waals surface area contributed by atoms with Crippen molar-refractivity contribution in [3.63, 3.8) is 0 Å². The highest BCUT2D eigenvalue weighted by Crippen LogP contribution is 2.60. The van der Waals surface area contributed by atoms with Gasteiger partial charge >= 0.3 is 0 Å². The van der Waals surface area contributed by atoms with E-state index >= 15 is 0 Å². The molecule has 0 aromatic heterocycles. The van der Waals surface area contributed by atoms with Crippen molar-refractivity contribution in [2.24, 2.45) is 0 Å². The fourth-order valence-corrected chi connectivity index (χ4v) is 19.9. The van der Waals surface area contributed by atoms with Crippen LogP contribution >= 0.6 is 0 Å². The summed E-state index contributed by atoms with van der Waals surface area (Å²) in [6.45, 7) is 42.5. The topological polar surface area (TPSA) is 6.48 Å². The highest BCUT2D eigenvalue weighted by molar-refractivity contribution is 6.24. The average Bonchev–Trinajstić information content (AvgIpc) is 1.04. The van der Waals surface area contributed by atoms with Crippen LogP contribution in [-0.4, -0.2) is 0 Å². The summed E-state index contributed by atoms with van der Waals surface area (Å²) < 4.78 is 0. The summed E-state index contributed by atoms with van der Waals surface area (Å²) in [5.41, 5.74) is 44.3. The summed E-state index contributed by atoms with van der Waals surface area (Å²) in [4.78, 5) is 5.27. The molecule has 4 aliphatic carbocycles. The Bertz CT molecular complexity index is 6100. The van der Waals surface area contributed by atoms with E-state index in [0.29, 0.717) is 0 Å². The van der Waals surface area contributed by atoms with E-state index < -0.39 is 0 Å². The molecule has 2 heteroatoms. The van der Waals surface area contributed by atoms with Gasteiger partial charge in [-0.1, -0.05) is 301 Å². The molecular formula is C110H100N2. The lowest BCUT2D eigenvalue weighted by Crippen LogP contribution is -2.18. The summed E-state index contributed by atoms with van der Waals surface area (Å²) in [5.74, 6) is 0. The zero-order valence-corrected chi connectivity index (χ0v) is 68.5. The fraction of sp³-hybridized carbons (Fsp3) is 0.218. The van der Waals surface area contributed by atoms with Crippen molar-refractivity contribution < 1.29 is 0 Å². The Morgan fingerprint density at radius 1 is 0.214 bits per heavy atom. The van der Waals surface area contributed by atoms with Gasteiger partial charge in [-0.15, -0.1) is 0 Å². The molecule has 0 amide bonds. The Balaban J connectivity index is 0.829. The Labute approximate surface area is 664 Å². The van der Waals surface area contributed by atoms with E-state index in [1.54, 1.807) is 0 Å². The number of hydrogen-bond acceptors (Lipinski definition) is 2. The molecule has 15 aromatic rings. The minimum atomic E-state index is -0.316. The molecule has 0 fully saturated rings. The van der Waals surface area contributed by atoms with Gasteiger partial charge in [0.25, 0.3) is 0 Å². The Hall–Kier alpha value is -11.6. The van der Waals surface area contributed by atoms with Gasteiger partial charge in [-0.05, 0) is 269 Å². The number of hydrogen-bond donors (Lipinski definition) is 0. The molecule has 2 nitrogen and oxygen atoms in total. The molecule has 112 heavy (non-hydrogen) atoms. The molecule has 0 unspecified atom stereocenters. The van der Waals surface area contributed by atoms with Crippen LogP contribution < -0.4 is 9.80 Å². The number of aryl methyl sites for hydroxylation is 4. The third-order valence-electron chi connectivity index (χ3n) is 26.4. The van der Waals surface area contributed by atoms with Gasteiger partial charge in [0.15, 0.2) is 0 Å². The number of nitrogens with zero attached hydrogens (tertiary/aromatic N) is 2. The Kier molecular flexibility index (Phi) is 15.8. The second-order valence-corrected chi connectivity index (χ2v) is 37.3. The van der Waals surface area contributed by atoms with E-state index in [4.69, 9.17) is 0 Å². The molecule has 0 saturated heterocycles. The third kappa shape index (κ3) is 10.9. The molecule has 0 aliphatic heterocycles. The van der Waals surface area contributed by atoms with Gasteiger partial charge in [-0.25, -0.2) is 0 Å². The van der Waals surface area contributed by atoms with Crippen molar-refractivity contribution in [1.29, 1.82) is 0 Å². The third-order valence-corrected chi connectivity index (χ3v) is 26.4. The lowest BCUT2D eigenvalue weighted by atomic mass is 9.79. The molecule has 0 radical (unpaired) electrons. The lowest BCUT2D eigenvalue weighted by molar-refractivity contribution is 0.591. The van der Waals surface area contributed by atoms with E-state index in [-0.39, 0.29) is 32.5 Å². The predicted molar refractivity (Wildman–Crippen MR) is 479 cm³/mol. The SMILES string of the molecule is Cc1ccc(N(c2ccc(C)cc2)c2c3cc(C(C)(C)C)ccc3c(N(c3ccc(C)cc3-c3ccc4c(c3)C(C)(C)c3cc(-c5ccc6c(c5)C(C)(C)c5ccccc5-6)ccc3-4)c3ccc(C)cc3-c3ccc4c(c3)C(C)(C)c3cc(-c5ccc6c(c5)C(C)(C)c5ccccc5-6)ccc3-4)c3ccc(C(C)(C)C)cc23)cc1. The first-order valence-electron chi connectivity index (χ1n) is 40.5. The zero-order chi connectivity index (χ0) is 77.8. The number of anilines is 6. The standard InChI is InChI=1S/C110H100N2/c1-65-27-41-77(42-28-65)111(78-43-29-66(2)30-44-78)104-91-63-75(105(5,6)7)39-51-87(91)103(88-52-40-76(64-92(88)104)106(8,9)10)112(101-53-31-67(3)55-89(101)73-37-49-85-83-47-35-71(59-97(83)109(15,16)99(85)61-73)69-33-45-81-79-23-19-21-25-93(79)107(11,12)95(81)57-69)102-54-32-68(4)56-90(102)74-38-50-86-84-48-36-72(60-98(84)110(17,18)100(86)62-74)70-34-46-82-80-24-20-22-26-94(80)108(13,14)96(82)58-70/h19-64H,1-18H3. The van der Waals surface area contributed by atoms with Crippen LogP contribution in [0.1, 0.15) is 175 Å². The van der Waals surface area contributed by atoms with Crippen LogP contribution in [0, 0.1) is 27.7 Å². The van der Waals surface area contributed by atoms with E-state index in [0.717, 1.165) is 44.9 Å². The van der Waals surface area contributed by atoms with Crippen LogP contribution in [0.3, 0.4) is 0 Å². The number of rotatable bonds is 10. The van der Waals surface area contributed by atoms with Crippen molar-refractivity contribution in [2.75, 3.05) is 9.80 Å². The van der Waals surface area contributed by atoms with Gasteiger partial charge in [0.1, 0.15) is 0 Å². The van der Waals surface area contributed by atoms with Crippen LogP contribution in [-0.2, 0) is 32.5 Å². The van der Waals surface area contributed by atoms with Gasteiger partial charge in [-0.2, -0.15) is 0 Å². The Morgan fingerprint density at radius 3 is 0.821 bits per heavy atom. The first-order valence-corrected chi connectivity index (χ1v) is 40.5. The molecule has 0 spiro atoms. The quantitative estimate of drug-likeness (QED) is 0.0995. The second kappa shape index (κ2) is 25.0. The summed E-state index contributed by atoms with van der Waals surface area (Å²) in [5, 5.41) is 4.70. The van der Waals surface area contributed by atoms with Gasteiger partial charge in [0.2, 0.25) is 0 Å². The van der Waals surface area contributed by atoms with E-state index in [1.165, 1.54) is 178 Å². The lowest BCUT2D eigenvalue weighted by Gasteiger charge is -2.36. The average molecular weight is 1450 g/mol. The maximum atomic E-state index is 2.71. The minimum Gasteiger partial charge on any atom is -0.309 e. The van der Waals surface area contributed by atoms with Gasteiger partial charge in [0, 0.05) is 65.7 Å². The largest absolute Gasteiger partial charge is 0.309 e. The van der Waals surface area contributed by atoms with E-state index in [1.807, 2.05) is 0 Å². The van der Waals surface area contributed by atoms with Crippen LogP contribution in [0.5, 0.6) is 0 Å². The zero-order valence-electron chi connectivity index (χ0n) is 68.5. The van der Waals surface area contributed by atoms with Crippen molar-refractivity contribution in [3.05, 3.63) is 357 Å². The normalized spacial score (nSPS) is 14.8. The molecule has 0 saturated carbocycles. The molecule has 0 heterocycles. The second-order valence-electron chi connectivity index (χ2n) is 37.3. The van der Waals surface area contributed by atoms with Crippen LogP contribution in [0.25, 0.3) is 111 Å². The molecule has 0 atom stereocenters. The first kappa shape index (κ1) is 70.8. The van der Waals surface area contributed by atoms with Crippen molar-refractivity contribution in [1.82, 2.24) is 0 Å². The van der Waals surface area contributed by atoms with Gasteiger partial charge in [0.05, 0.1) is 22.7 Å². The molecule has 0 N–H and O–H groups in total. The first-order chi connectivity index (χ1) is 53.4. The smallest absolute Gasteiger partial charge is 0.0620 e. The van der Waals surface area contributed by atoms with Crippen LogP contribution in [0.2, 0.25) is 0 Å². The van der Waals surface area contributed by atoms with Gasteiger partial charge < -0.3 is 9.80 Å². The monoisotopic (exact) mass is 1450 g/mol. The molecule has 19 rings (SSSR count). The van der Waals surface area contributed by atoms with Gasteiger partial charge in [-0.3, -0.25) is 0 Å². The van der Waals surface area contributed by atoms with Crippen molar-refractivity contribution >= 4 is 55.7 Å². The maximum Gasteiger partial charge on any atom is 0.0620 e. The minimum absolute atomic E-state index is 0.0929. The molecular weight excluding hydrogens is 1350 g/mol. The van der Waals surface area contributed by atoms with E-state index in [9.17, 15) is 0 Å². The summed E-state index contributed by atoms with van der Waals surface area (Å²) in [7, 11) is 0. The highest BCUT2D eigenvalue weighted by Gasteiger charge is 2.42. The van der Waals surface area contributed by atoms with Crippen molar-refractivity contribution in [3.8, 4) is 89.0 Å². The molecule has 0 bridgehead atoms. The highest BCUT2D eigenvalue weighted by atomic mass is 15.2. The van der Waals surface area contributed by atoms with Crippen molar-refractivity contribution in [2.45, 2.75) is 157 Å². The van der Waals surface area contributed by atoms with Crippen LogP contribution in [0.15, 0.2) is 279 Å². The molecule has 4 aliphatic rings. The summed E-state index contributed by atoms with van der Waals surface area (Å²) in [6.07, 6.45) is 0. The fourth-order valence-electron chi connectivity index (χ4n) is 19.9. The summed E-state index contributed by atoms with van der Waals surface area (Å²) >= 11 is 0. The maximum absolute atomic E-state index is 2.71. The van der Waals surface area contributed by atoms with E-state index in [2.05, 4.69) is 413 Å². The molecule has 15 aromatic carbocycles. The predicted octanol–water partition coefficient (Wildman–Crippen LogP) is 30.7. The molecule has 550 valence electrons. The number of fused-ring (bicyclic) bond motifs is 14. The summed E-state index contributed by atoms with van der Waals surface area (Å²) in [6, 6.07) is 109. The number of benzene rings is 15. The van der Waals surface area contributed by atoms with Crippen LogP contribution in [0.4, 0.5) is 34.1 Å². The Morgan fingerprint density at radius 2 is 0.491 bits per heavy atom.